The maximum atomic E-state index is 12.2. The number of benzene rings is 1. The summed E-state index contributed by atoms with van der Waals surface area (Å²) in [6, 6.07) is 12.2. The van der Waals surface area contributed by atoms with Gasteiger partial charge in [0.25, 0.3) is 10.0 Å². The normalized spacial score (nSPS) is 11.2. The average molecular weight is 325 g/mol. The number of anilines is 1. The quantitative estimate of drug-likeness (QED) is 0.799. The fraction of sp³-hybridized carbons (Fsp3) is 0.0588. The van der Waals surface area contributed by atoms with Gasteiger partial charge in [-0.15, -0.1) is 0 Å². The van der Waals surface area contributed by atoms with Crippen LogP contribution in [0.5, 0.6) is 0 Å². The van der Waals surface area contributed by atoms with Crippen LogP contribution in [0.25, 0.3) is 11.1 Å². The molecular weight excluding hydrogens is 310 g/mol. The van der Waals surface area contributed by atoms with Gasteiger partial charge in [0, 0.05) is 36.0 Å². The van der Waals surface area contributed by atoms with Crippen LogP contribution >= 0.6 is 0 Å². The zero-order valence-corrected chi connectivity index (χ0v) is 13.3. The van der Waals surface area contributed by atoms with Crippen LogP contribution in [0.1, 0.15) is 5.56 Å². The first-order valence-corrected chi connectivity index (χ1v) is 8.48. The molecule has 0 amide bonds. The molecule has 0 spiro atoms. The van der Waals surface area contributed by atoms with Gasteiger partial charge in [0.15, 0.2) is 0 Å². The first kappa shape index (κ1) is 15.2. The van der Waals surface area contributed by atoms with E-state index in [0.717, 1.165) is 16.7 Å². The molecule has 6 heteroatoms. The Morgan fingerprint density at radius 3 is 2.30 bits per heavy atom. The number of aryl methyl sites for hydroxylation is 1. The number of hydrogen-bond acceptors (Lipinski definition) is 4. The molecule has 23 heavy (non-hydrogen) atoms. The number of nitrogens with zero attached hydrogens (tertiary/aromatic N) is 2. The van der Waals surface area contributed by atoms with E-state index < -0.39 is 10.0 Å². The van der Waals surface area contributed by atoms with Crippen molar-refractivity contribution in [2.75, 3.05) is 4.72 Å². The number of aromatic nitrogens is 2. The van der Waals surface area contributed by atoms with Gasteiger partial charge in [0.1, 0.15) is 4.90 Å². The van der Waals surface area contributed by atoms with Gasteiger partial charge in [0.2, 0.25) is 0 Å². The van der Waals surface area contributed by atoms with E-state index in [0.29, 0.717) is 5.69 Å². The van der Waals surface area contributed by atoms with Gasteiger partial charge in [-0.3, -0.25) is 14.7 Å². The summed E-state index contributed by atoms with van der Waals surface area (Å²) in [5, 5.41) is 0. The Morgan fingerprint density at radius 2 is 1.65 bits per heavy atom. The third-order valence-electron chi connectivity index (χ3n) is 3.43. The molecule has 0 saturated carbocycles. The van der Waals surface area contributed by atoms with Crippen LogP contribution in [0.15, 0.2) is 72.1 Å². The fourth-order valence-electron chi connectivity index (χ4n) is 2.20. The van der Waals surface area contributed by atoms with E-state index in [2.05, 4.69) is 14.7 Å². The number of hydrogen-bond donors (Lipinski definition) is 1. The molecule has 1 N–H and O–H groups in total. The van der Waals surface area contributed by atoms with E-state index in [1.165, 1.54) is 18.5 Å². The third kappa shape index (κ3) is 3.37. The highest BCUT2D eigenvalue weighted by Gasteiger charge is 2.14. The van der Waals surface area contributed by atoms with Crippen LogP contribution < -0.4 is 4.72 Å². The Bertz CT molecular complexity index is 908. The molecule has 2 aromatic heterocycles. The molecule has 0 fully saturated rings. The average Bonchev–Trinajstić information content (AvgIpc) is 2.57. The Labute approximate surface area is 135 Å². The smallest absolute Gasteiger partial charge is 0.263 e. The summed E-state index contributed by atoms with van der Waals surface area (Å²) in [5.74, 6) is 0. The first-order valence-electron chi connectivity index (χ1n) is 7.00. The molecule has 1 aromatic carbocycles. The molecule has 5 nitrogen and oxygen atoms in total. The Balaban J connectivity index is 1.85. The summed E-state index contributed by atoms with van der Waals surface area (Å²) in [6.45, 7) is 2.01. The second-order valence-electron chi connectivity index (χ2n) is 5.06. The van der Waals surface area contributed by atoms with E-state index >= 15 is 0 Å². The van der Waals surface area contributed by atoms with E-state index in [1.54, 1.807) is 30.6 Å². The number of sulfonamides is 1. The van der Waals surface area contributed by atoms with Crippen molar-refractivity contribution in [1.29, 1.82) is 0 Å². The highest BCUT2D eigenvalue weighted by molar-refractivity contribution is 7.92. The van der Waals surface area contributed by atoms with Gasteiger partial charge < -0.3 is 0 Å². The lowest BCUT2D eigenvalue weighted by Gasteiger charge is -2.09. The molecule has 0 unspecified atom stereocenters. The van der Waals surface area contributed by atoms with Crippen LogP contribution in [0, 0.1) is 6.92 Å². The van der Waals surface area contributed by atoms with Crippen molar-refractivity contribution in [3.05, 3.63) is 72.8 Å². The van der Waals surface area contributed by atoms with Crippen LogP contribution in [-0.4, -0.2) is 18.4 Å². The van der Waals surface area contributed by atoms with Crippen LogP contribution in [-0.2, 0) is 10.0 Å². The maximum Gasteiger partial charge on any atom is 0.263 e. The van der Waals surface area contributed by atoms with Gasteiger partial charge in [0.05, 0.1) is 0 Å². The number of pyridine rings is 2. The Kier molecular flexibility index (Phi) is 4.08. The van der Waals surface area contributed by atoms with Crippen molar-refractivity contribution >= 4 is 15.7 Å². The second kappa shape index (κ2) is 6.18. The van der Waals surface area contributed by atoms with Crippen molar-refractivity contribution in [2.24, 2.45) is 0 Å². The van der Waals surface area contributed by atoms with Gasteiger partial charge in [-0.25, -0.2) is 8.42 Å². The molecule has 3 rings (SSSR count). The van der Waals surface area contributed by atoms with Gasteiger partial charge >= 0.3 is 0 Å². The molecule has 0 aliphatic heterocycles. The molecule has 2 heterocycles. The highest BCUT2D eigenvalue weighted by atomic mass is 32.2. The number of rotatable bonds is 4. The lowest BCUT2D eigenvalue weighted by atomic mass is 10.0. The summed E-state index contributed by atoms with van der Waals surface area (Å²) in [7, 11) is -3.62. The van der Waals surface area contributed by atoms with Crippen molar-refractivity contribution < 1.29 is 8.42 Å². The number of nitrogens with one attached hydrogen (secondary N) is 1. The molecular formula is C17H15N3O2S. The summed E-state index contributed by atoms with van der Waals surface area (Å²) in [6.07, 6.45) is 6.39. The molecule has 0 aliphatic rings. The molecule has 116 valence electrons. The molecule has 0 radical (unpaired) electrons. The maximum absolute atomic E-state index is 12.2. The minimum atomic E-state index is -3.62. The van der Waals surface area contributed by atoms with Crippen LogP contribution in [0.4, 0.5) is 5.69 Å². The van der Waals surface area contributed by atoms with Crippen molar-refractivity contribution in [1.82, 2.24) is 9.97 Å². The Hall–Kier alpha value is -2.73. The third-order valence-corrected chi connectivity index (χ3v) is 4.80. The lowest BCUT2D eigenvalue weighted by Crippen LogP contribution is -2.12. The van der Waals surface area contributed by atoms with E-state index in [1.807, 2.05) is 25.1 Å². The molecule has 0 aliphatic carbocycles. The summed E-state index contributed by atoms with van der Waals surface area (Å²) in [5.41, 5.74) is 3.62. The van der Waals surface area contributed by atoms with E-state index in [4.69, 9.17) is 0 Å². The van der Waals surface area contributed by atoms with Crippen molar-refractivity contribution in [3.63, 3.8) is 0 Å². The largest absolute Gasteiger partial charge is 0.280 e. The monoisotopic (exact) mass is 325 g/mol. The highest BCUT2D eigenvalue weighted by Crippen LogP contribution is 2.24. The standard InChI is InChI=1S/C17H15N3O2S/c1-13-8-10-19-12-17(13)14-4-6-15(7-5-14)20-23(21,22)16-3-2-9-18-11-16/h2-12,20H,1H3. The zero-order valence-electron chi connectivity index (χ0n) is 12.5. The SMILES string of the molecule is Cc1ccncc1-c1ccc(NS(=O)(=O)c2cccnc2)cc1. The summed E-state index contributed by atoms with van der Waals surface area (Å²) in [4.78, 5) is 8.09. The van der Waals surface area contributed by atoms with Gasteiger partial charge in [-0.2, -0.15) is 0 Å². The molecule has 0 saturated heterocycles. The Morgan fingerprint density at radius 1 is 0.913 bits per heavy atom. The second-order valence-corrected chi connectivity index (χ2v) is 6.74. The zero-order chi connectivity index (χ0) is 16.3. The van der Waals surface area contributed by atoms with Crippen LogP contribution in [0.2, 0.25) is 0 Å². The van der Waals surface area contributed by atoms with E-state index in [9.17, 15) is 8.42 Å². The minimum absolute atomic E-state index is 0.132. The topological polar surface area (TPSA) is 72.0 Å². The minimum Gasteiger partial charge on any atom is -0.280 e. The summed E-state index contributed by atoms with van der Waals surface area (Å²) >= 11 is 0. The first-order chi connectivity index (χ1) is 11.1. The predicted octanol–water partition coefficient (Wildman–Crippen LogP) is 3.25. The van der Waals surface area contributed by atoms with Crippen molar-refractivity contribution in [3.8, 4) is 11.1 Å². The molecule has 0 bridgehead atoms. The van der Waals surface area contributed by atoms with Gasteiger partial charge in [-0.1, -0.05) is 12.1 Å². The van der Waals surface area contributed by atoms with Crippen LogP contribution in [0.3, 0.4) is 0 Å². The van der Waals surface area contributed by atoms with Gasteiger partial charge in [-0.05, 0) is 48.4 Å². The molecule has 0 atom stereocenters. The molecule has 3 aromatic rings. The van der Waals surface area contributed by atoms with E-state index in [-0.39, 0.29) is 4.90 Å². The predicted molar refractivity (Wildman–Crippen MR) is 89.5 cm³/mol. The lowest BCUT2D eigenvalue weighted by molar-refractivity contribution is 0.601. The fourth-order valence-corrected chi connectivity index (χ4v) is 3.23. The van der Waals surface area contributed by atoms with Crippen molar-refractivity contribution in [2.45, 2.75) is 11.8 Å². The summed E-state index contributed by atoms with van der Waals surface area (Å²) < 4.78 is 27.0.